The third-order valence-electron chi connectivity index (χ3n) is 3.21. The first-order valence-electron chi connectivity index (χ1n) is 5.66. The van der Waals surface area contributed by atoms with E-state index in [1.807, 2.05) is 7.05 Å². The lowest BCUT2D eigenvalue weighted by molar-refractivity contribution is -0.123. The van der Waals surface area contributed by atoms with Gasteiger partial charge < -0.3 is 10.6 Å². The fourth-order valence-corrected chi connectivity index (χ4v) is 2.29. The molecule has 0 spiro atoms. The van der Waals surface area contributed by atoms with Crippen molar-refractivity contribution in [1.82, 2.24) is 10.6 Å². The van der Waals surface area contributed by atoms with E-state index in [1.165, 1.54) is 32.1 Å². The van der Waals surface area contributed by atoms with Gasteiger partial charge >= 0.3 is 0 Å². The highest BCUT2D eigenvalue weighted by molar-refractivity contribution is 5.81. The van der Waals surface area contributed by atoms with Gasteiger partial charge in [0.1, 0.15) is 0 Å². The molecule has 1 rings (SSSR count). The summed E-state index contributed by atoms with van der Waals surface area (Å²) in [7, 11) is 3.57. The number of rotatable bonds is 4. The lowest BCUT2D eigenvalue weighted by Gasteiger charge is -2.25. The molecule has 14 heavy (non-hydrogen) atoms. The first kappa shape index (κ1) is 11.5. The summed E-state index contributed by atoms with van der Waals surface area (Å²) in [5.41, 5.74) is 0. The predicted molar refractivity (Wildman–Crippen MR) is 58.1 cm³/mol. The number of amides is 1. The molecule has 1 aliphatic carbocycles. The molecule has 1 amide bonds. The molecule has 1 saturated carbocycles. The third-order valence-corrected chi connectivity index (χ3v) is 3.21. The van der Waals surface area contributed by atoms with E-state index in [0.717, 1.165) is 12.3 Å². The average molecular weight is 198 g/mol. The van der Waals surface area contributed by atoms with Crippen LogP contribution in [0.5, 0.6) is 0 Å². The summed E-state index contributed by atoms with van der Waals surface area (Å²) in [5.74, 6) is 0.872. The van der Waals surface area contributed by atoms with Gasteiger partial charge in [-0.05, 0) is 19.4 Å². The highest BCUT2D eigenvalue weighted by Crippen LogP contribution is 2.27. The highest BCUT2D eigenvalue weighted by atomic mass is 16.2. The SMILES string of the molecule is CNC(=O)[C@H](CC1CCCCC1)NC. The molecule has 2 N–H and O–H groups in total. The second kappa shape index (κ2) is 6.02. The number of likely N-dealkylation sites (N-methyl/N-ethyl adjacent to an activating group) is 2. The van der Waals surface area contributed by atoms with E-state index >= 15 is 0 Å². The molecule has 0 saturated heterocycles. The molecular formula is C11H22N2O. The molecule has 0 aromatic rings. The molecular weight excluding hydrogens is 176 g/mol. The van der Waals surface area contributed by atoms with E-state index in [0.29, 0.717) is 0 Å². The van der Waals surface area contributed by atoms with Crippen LogP contribution >= 0.6 is 0 Å². The van der Waals surface area contributed by atoms with Crippen LogP contribution in [0.1, 0.15) is 38.5 Å². The number of hydrogen-bond acceptors (Lipinski definition) is 2. The van der Waals surface area contributed by atoms with Gasteiger partial charge in [-0.3, -0.25) is 4.79 Å². The van der Waals surface area contributed by atoms with Crippen LogP contribution in [0, 0.1) is 5.92 Å². The fraction of sp³-hybridized carbons (Fsp3) is 0.909. The van der Waals surface area contributed by atoms with Gasteiger partial charge in [0.15, 0.2) is 0 Å². The summed E-state index contributed by atoms with van der Waals surface area (Å²) in [4.78, 5) is 11.4. The summed E-state index contributed by atoms with van der Waals surface area (Å²) in [6, 6.07) is 0.00287. The van der Waals surface area contributed by atoms with Crippen LogP contribution in [-0.2, 0) is 4.79 Å². The molecule has 82 valence electrons. The summed E-state index contributed by atoms with van der Waals surface area (Å²) in [6.45, 7) is 0. The highest BCUT2D eigenvalue weighted by Gasteiger charge is 2.21. The molecule has 1 atom stereocenters. The summed E-state index contributed by atoms with van der Waals surface area (Å²) < 4.78 is 0. The Hall–Kier alpha value is -0.570. The second-order valence-electron chi connectivity index (χ2n) is 4.20. The van der Waals surface area contributed by atoms with E-state index in [2.05, 4.69) is 10.6 Å². The van der Waals surface area contributed by atoms with Crippen LogP contribution < -0.4 is 10.6 Å². The largest absolute Gasteiger partial charge is 0.358 e. The first-order chi connectivity index (χ1) is 6.77. The van der Waals surface area contributed by atoms with Gasteiger partial charge in [-0.2, -0.15) is 0 Å². The minimum Gasteiger partial charge on any atom is -0.358 e. The Morgan fingerprint density at radius 3 is 2.43 bits per heavy atom. The lowest BCUT2D eigenvalue weighted by atomic mass is 9.84. The molecule has 3 heteroatoms. The Balaban J connectivity index is 2.34. The van der Waals surface area contributed by atoms with Gasteiger partial charge in [0, 0.05) is 7.05 Å². The zero-order chi connectivity index (χ0) is 10.4. The van der Waals surface area contributed by atoms with Crippen LogP contribution in [-0.4, -0.2) is 26.0 Å². The molecule has 0 unspecified atom stereocenters. The van der Waals surface area contributed by atoms with E-state index in [9.17, 15) is 4.79 Å². The Morgan fingerprint density at radius 1 is 1.29 bits per heavy atom. The van der Waals surface area contributed by atoms with Gasteiger partial charge in [-0.15, -0.1) is 0 Å². The zero-order valence-corrected chi connectivity index (χ0v) is 9.31. The van der Waals surface area contributed by atoms with Crippen molar-refractivity contribution in [2.24, 2.45) is 5.92 Å². The lowest BCUT2D eigenvalue weighted by Crippen LogP contribution is -2.42. The van der Waals surface area contributed by atoms with Crippen molar-refractivity contribution in [1.29, 1.82) is 0 Å². The Bertz CT molecular complexity index is 176. The topological polar surface area (TPSA) is 41.1 Å². The van der Waals surface area contributed by atoms with Crippen molar-refractivity contribution in [2.75, 3.05) is 14.1 Å². The summed E-state index contributed by atoms with van der Waals surface area (Å²) in [5, 5.41) is 5.79. The van der Waals surface area contributed by atoms with Crippen molar-refractivity contribution in [2.45, 2.75) is 44.6 Å². The monoisotopic (exact) mass is 198 g/mol. The maximum atomic E-state index is 11.4. The van der Waals surface area contributed by atoms with Crippen molar-refractivity contribution in [3.8, 4) is 0 Å². The van der Waals surface area contributed by atoms with E-state index in [1.54, 1.807) is 7.05 Å². The van der Waals surface area contributed by atoms with E-state index < -0.39 is 0 Å². The van der Waals surface area contributed by atoms with Crippen molar-refractivity contribution in [3.63, 3.8) is 0 Å². The first-order valence-corrected chi connectivity index (χ1v) is 5.66. The number of hydrogen-bond donors (Lipinski definition) is 2. The Labute approximate surface area is 86.6 Å². The van der Waals surface area contributed by atoms with Crippen molar-refractivity contribution >= 4 is 5.91 Å². The standard InChI is InChI=1S/C11H22N2O/c1-12-10(11(14)13-2)8-9-6-4-3-5-7-9/h9-10,12H,3-8H2,1-2H3,(H,13,14)/t10-/m0/s1. The maximum Gasteiger partial charge on any atom is 0.236 e. The van der Waals surface area contributed by atoms with Crippen LogP contribution in [0.15, 0.2) is 0 Å². The smallest absolute Gasteiger partial charge is 0.236 e. The number of carbonyl (C=O) groups excluding carboxylic acids is 1. The maximum absolute atomic E-state index is 11.4. The average Bonchev–Trinajstić information content (AvgIpc) is 2.26. The van der Waals surface area contributed by atoms with Gasteiger partial charge in [-0.25, -0.2) is 0 Å². The molecule has 1 fully saturated rings. The molecule has 3 nitrogen and oxygen atoms in total. The fourth-order valence-electron chi connectivity index (χ4n) is 2.29. The Kier molecular flexibility index (Phi) is 4.94. The van der Waals surface area contributed by atoms with Crippen LogP contribution in [0.2, 0.25) is 0 Å². The van der Waals surface area contributed by atoms with Crippen LogP contribution in [0.4, 0.5) is 0 Å². The molecule has 0 heterocycles. The quantitative estimate of drug-likeness (QED) is 0.714. The minimum atomic E-state index is 0.00287. The molecule has 1 aliphatic rings. The third kappa shape index (κ3) is 3.29. The molecule has 0 aromatic heterocycles. The van der Waals surface area contributed by atoms with E-state index in [-0.39, 0.29) is 11.9 Å². The van der Waals surface area contributed by atoms with Crippen LogP contribution in [0.3, 0.4) is 0 Å². The van der Waals surface area contributed by atoms with Crippen molar-refractivity contribution in [3.05, 3.63) is 0 Å². The normalized spacial score (nSPS) is 20.4. The zero-order valence-electron chi connectivity index (χ0n) is 9.31. The minimum absolute atomic E-state index is 0.00287. The number of nitrogens with one attached hydrogen (secondary N) is 2. The molecule has 0 bridgehead atoms. The second-order valence-corrected chi connectivity index (χ2v) is 4.20. The Morgan fingerprint density at radius 2 is 1.93 bits per heavy atom. The molecule has 0 radical (unpaired) electrons. The van der Waals surface area contributed by atoms with Crippen LogP contribution in [0.25, 0.3) is 0 Å². The van der Waals surface area contributed by atoms with Gasteiger partial charge in [-0.1, -0.05) is 32.1 Å². The molecule has 0 aliphatic heterocycles. The summed E-state index contributed by atoms with van der Waals surface area (Å²) in [6.07, 6.45) is 7.66. The van der Waals surface area contributed by atoms with Crippen molar-refractivity contribution < 1.29 is 4.79 Å². The van der Waals surface area contributed by atoms with E-state index in [4.69, 9.17) is 0 Å². The van der Waals surface area contributed by atoms with Gasteiger partial charge in [0.05, 0.1) is 6.04 Å². The number of carbonyl (C=O) groups is 1. The summed E-state index contributed by atoms with van der Waals surface area (Å²) >= 11 is 0. The van der Waals surface area contributed by atoms with Gasteiger partial charge in [0.2, 0.25) is 5.91 Å². The molecule has 0 aromatic carbocycles. The predicted octanol–water partition coefficient (Wildman–Crippen LogP) is 1.29. The van der Waals surface area contributed by atoms with Gasteiger partial charge in [0.25, 0.3) is 0 Å².